The molecule has 23 heavy (non-hydrogen) atoms. The summed E-state index contributed by atoms with van der Waals surface area (Å²) in [5, 5.41) is 26.6. The Balaban J connectivity index is 1.87. The van der Waals surface area contributed by atoms with Crippen LogP contribution in [0.1, 0.15) is 5.56 Å². The van der Waals surface area contributed by atoms with E-state index in [9.17, 15) is 15.2 Å². The first kappa shape index (κ1) is 14.5. The third-order valence-electron chi connectivity index (χ3n) is 3.29. The number of anilines is 1. The summed E-state index contributed by atoms with van der Waals surface area (Å²) < 4.78 is 0. The zero-order valence-corrected chi connectivity index (χ0v) is 11.9. The number of aromatic hydroxyl groups is 1. The molecule has 0 saturated carbocycles. The normalized spacial score (nSPS) is 11.0. The number of nitro groups is 1. The van der Waals surface area contributed by atoms with Crippen LogP contribution < -0.4 is 5.43 Å². The molecule has 0 aliphatic heterocycles. The van der Waals surface area contributed by atoms with E-state index in [0.717, 1.165) is 10.8 Å². The molecular weight excluding hydrogens is 296 g/mol. The maximum absolute atomic E-state index is 10.8. The van der Waals surface area contributed by atoms with Crippen LogP contribution in [-0.2, 0) is 0 Å². The molecule has 0 bridgehead atoms. The molecule has 1 aromatic heterocycles. The summed E-state index contributed by atoms with van der Waals surface area (Å²) in [6.45, 7) is 0. The molecule has 0 saturated heterocycles. The predicted molar refractivity (Wildman–Crippen MR) is 87.7 cm³/mol. The lowest BCUT2D eigenvalue weighted by molar-refractivity contribution is -0.385. The Labute approximate surface area is 131 Å². The molecule has 3 rings (SSSR count). The Hall–Kier alpha value is -3.48. The predicted octanol–water partition coefficient (Wildman–Crippen LogP) is 3.29. The average Bonchev–Trinajstić information content (AvgIpc) is 2.56. The second-order valence-corrected chi connectivity index (χ2v) is 4.72. The van der Waals surface area contributed by atoms with Crippen LogP contribution in [0.5, 0.6) is 5.75 Å². The Bertz CT molecular complexity index is 903. The lowest BCUT2D eigenvalue weighted by Gasteiger charge is -2.04. The van der Waals surface area contributed by atoms with Crippen LogP contribution in [0.3, 0.4) is 0 Å². The van der Waals surface area contributed by atoms with E-state index < -0.39 is 10.7 Å². The highest BCUT2D eigenvalue weighted by Crippen LogP contribution is 2.28. The Kier molecular flexibility index (Phi) is 3.84. The van der Waals surface area contributed by atoms with Gasteiger partial charge in [0.1, 0.15) is 0 Å². The number of benzene rings is 2. The number of fused-ring (bicyclic) bond motifs is 1. The fraction of sp³-hybridized carbons (Fsp3) is 0. The highest BCUT2D eigenvalue weighted by Gasteiger charge is 2.14. The van der Waals surface area contributed by atoms with Gasteiger partial charge < -0.3 is 5.11 Å². The number of para-hydroxylation sites is 1. The molecule has 114 valence electrons. The molecular formula is C16H12N4O3. The highest BCUT2D eigenvalue weighted by atomic mass is 16.6. The maximum atomic E-state index is 10.8. The van der Waals surface area contributed by atoms with Gasteiger partial charge in [-0.1, -0.05) is 30.3 Å². The van der Waals surface area contributed by atoms with Gasteiger partial charge >= 0.3 is 5.69 Å². The molecule has 0 fully saturated rings. The number of phenolic OH excluding ortho intramolecular Hbond substituents is 1. The Morgan fingerprint density at radius 1 is 1.17 bits per heavy atom. The molecule has 2 N–H and O–H groups in total. The number of pyridine rings is 1. The van der Waals surface area contributed by atoms with Crippen LogP contribution in [0.25, 0.3) is 10.8 Å². The second-order valence-electron chi connectivity index (χ2n) is 4.72. The van der Waals surface area contributed by atoms with E-state index in [-0.39, 0.29) is 11.3 Å². The number of rotatable bonds is 4. The minimum Gasteiger partial charge on any atom is -0.502 e. The Morgan fingerprint density at radius 2 is 2.00 bits per heavy atom. The van der Waals surface area contributed by atoms with Crippen molar-refractivity contribution in [3.63, 3.8) is 0 Å². The summed E-state index contributed by atoms with van der Waals surface area (Å²) in [5.74, 6) is 0.137. The van der Waals surface area contributed by atoms with Gasteiger partial charge in [0.05, 0.1) is 11.1 Å². The number of nitrogens with zero attached hydrogens (tertiary/aromatic N) is 3. The molecule has 0 radical (unpaired) electrons. The van der Waals surface area contributed by atoms with Gasteiger partial charge in [0.2, 0.25) is 5.75 Å². The number of aromatic nitrogens is 1. The summed E-state index contributed by atoms with van der Waals surface area (Å²) >= 11 is 0. The molecule has 3 aromatic rings. The molecule has 7 nitrogen and oxygen atoms in total. The molecule has 0 spiro atoms. The van der Waals surface area contributed by atoms with Crippen molar-refractivity contribution in [1.29, 1.82) is 0 Å². The van der Waals surface area contributed by atoms with Crippen molar-refractivity contribution in [1.82, 2.24) is 4.98 Å². The van der Waals surface area contributed by atoms with E-state index in [0.29, 0.717) is 5.82 Å². The zero-order chi connectivity index (χ0) is 16.2. The van der Waals surface area contributed by atoms with Gasteiger partial charge in [0.15, 0.2) is 5.82 Å². The SMILES string of the molecule is O=[N+]([O-])c1cccc(/C=N/Nc2nccc3ccccc23)c1O. The molecule has 0 amide bonds. The monoisotopic (exact) mass is 308 g/mol. The van der Waals surface area contributed by atoms with Gasteiger partial charge in [-0.05, 0) is 17.5 Å². The summed E-state index contributed by atoms with van der Waals surface area (Å²) in [4.78, 5) is 14.4. The van der Waals surface area contributed by atoms with E-state index in [1.54, 1.807) is 6.20 Å². The van der Waals surface area contributed by atoms with Crippen molar-refractivity contribution >= 4 is 28.5 Å². The topological polar surface area (TPSA) is 101 Å². The fourth-order valence-electron chi connectivity index (χ4n) is 2.17. The fourth-order valence-corrected chi connectivity index (χ4v) is 2.17. The molecule has 0 aliphatic carbocycles. The van der Waals surface area contributed by atoms with E-state index in [1.165, 1.54) is 24.4 Å². The minimum absolute atomic E-state index is 0.243. The van der Waals surface area contributed by atoms with Crippen molar-refractivity contribution in [2.75, 3.05) is 5.43 Å². The minimum atomic E-state index is -0.646. The highest BCUT2D eigenvalue weighted by molar-refractivity contribution is 5.92. The van der Waals surface area contributed by atoms with Crippen molar-refractivity contribution < 1.29 is 10.0 Å². The van der Waals surface area contributed by atoms with Crippen LogP contribution in [-0.4, -0.2) is 21.2 Å². The third kappa shape index (κ3) is 2.93. The van der Waals surface area contributed by atoms with Gasteiger partial charge in [-0.15, -0.1) is 0 Å². The number of nitro benzene ring substituents is 1. The van der Waals surface area contributed by atoms with Gasteiger partial charge in [0.25, 0.3) is 0 Å². The smallest absolute Gasteiger partial charge is 0.311 e. The molecule has 1 heterocycles. The molecule has 7 heteroatoms. The summed E-state index contributed by atoms with van der Waals surface area (Å²) in [6.07, 6.45) is 2.97. The Morgan fingerprint density at radius 3 is 2.83 bits per heavy atom. The summed E-state index contributed by atoms with van der Waals surface area (Å²) in [6, 6.07) is 13.8. The van der Waals surface area contributed by atoms with Gasteiger partial charge in [-0.3, -0.25) is 15.5 Å². The van der Waals surface area contributed by atoms with Crippen LogP contribution >= 0.6 is 0 Å². The summed E-state index contributed by atoms with van der Waals surface area (Å²) in [5.41, 5.74) is 2.67. The first-order valence-electron chi connectivity index (χ1n) is 6.76. The molecule has 0 unspecified atom stereocenters. The van der Waals surface area contributed by atoms with Crippen molar-refractivity contribution in [3.05, 3.63) is 70.4 Å². The quantitative estimate of drug-likeness (QED) is 0.437. The number of phenols is 1. The molecule has 2 aromatic carbocycles. The van der Waals surface area contributed by atoms with Crippen molar-refractivity contribution in [2.45, 2.75) is 0 Å². The first-order chi connectivity index (χ1) is 11.2. The van der Waals surface area contributed by atoms with Crippen LogP contribution in [0, 0.1) is 10.1 Å². The first-order valence-corrected chi connectivity index (χ1v) is 6.76. The van der Waals surface area contributed by atoms with Crippen molar-refractivity contribution in [2.24, 2.45) is 5.10 Å². The van der Waals surface area contributed by atoms with Crippen molar-refractivity contribution in [3.8, 4) is 5.75 Å². The maximum Gasteiger partial charge on any atom is 0.311 e. The third-order valence-corrected chi connectivity index (χ3v) is 3.29. The second kappa shape index (κ2) is 6.10. The van der Waals surface area contributed by atoms with Gasteiger partial charge in [0, 0.05) is 23.2 Å². The lowest BCUT2D eigenvalue weighted by atomic mass is 10.2. The number of nitrogens with one attached hydrogen (secondary N) is 1. The number of hydrazone groups is 1. The number of hydrogen-bond acceptors (Lipinski definition) is 6. The lowest BCUT2D eigenvalue weighted by Crippen LogP contribution is -1.96. The standard InChI is InChI=1S/C16H12N4O3/c21-15-12(5-3-7-14(15)20(22)23)10-18-19-16-13-6-2-1-4-11(13)8-9-17-16/h1-10,21H,(H,17,19)/b18-10+. The van der Waals surface area contributed by atoms with Crippen LogP contribution in [0.4, 0.5) is 11.5 Å². The van der Waals surface area contributed by atoms with Crippen LogP contribution in [0.2, 0.25) is 0 Å². The van der Waals surface area contributed by atoms with E-state index in [4.69, 9.17) is 0 Å². The van der Waals surface area contributed by atoms with Gasteiger partial charge in [-0.2, -0.15) is 5.10 Å². The average molecular weight is 308 g/mol. The molecule has 0 aliphatic rings. The molecule has 0 atom stereocenters. The van der Waals surface area contributed by atoms with Gasteiger partial charge in [-0.25, -0.2) is 4.98 Å². The van der Waals surface area contributed by atoms with Crippen LogP contribution in [0.15, 0.2) is 59.8 Å². The van der Waals surface area contributed by atoms with E-state index in [1.807, 2.05) is 30.3 Å². The summed E-state index contributed by atoms with van der Waals surface area (Å²) in [7, 11) is 0. The van der Waals surface area contributed by atoms with E-state index >= 15 is 0 Å². The zero-order valence-electron chi connectivity index (χ0n) is 11.9. The number of hydrogen-bond donors (Lipinski definition) is 2. The van der Waals surface area contributed by atoms with E-state index in [2.05, 4.69) is 15.5 Å². The largest absolute Gasteiger partial charge is 0.502 e.